The molecule has 1 heterocycles. The van der Waals surface area contributed by atoms with Crippen LogP contribution in [0.1, 0.15) is 10.4 Å². The second-order valence-corrected chi connectivity index (χ2v) is 8.89. The summed E-state index contributed by atoms with van der Waals surface area (Å²) >= 11 is 15.7. The molecule has 2 aromatic rings. The fourth-order valence-corrected chi connectivity index (χ4v) is 5.13. The highest BCUT2D eigenvalue weighted by Crippen LogP contribution is 2.35. The van der Waals surface area contributed by atoms with Gasteiger partial charge in [0, 0.05) is 0 Å². The van der Waals surface area contributed by atoms with Crippen molar-refractivity contribution in [3.8, 4) is 0 Å². The van der Waals surface area contributed by atoms with Gasteiger partial charge in [-0.25, -0.2) is 13.2 Å². The minimum Gasteiger partial charge on any atom is -0.478 e. The fourth-order valence-electron chi connectivity index (χ4n) is 1.42. The monoisotopic (exact) mass is 429 g/mol. The van der Waals surface area contributed by atoms with Crippen LogP contribution in [0.5, 0.6) is 0 Å². The summed E-state index contributed by atoms with van der Waals surface area (Å²) in [7, 11) is -3.82. The molecule has 0 unspecified atom stereocenters. The van der Waals surface area contributed by atoms with E-state index in [1.165, 1.54) is 24.3 Å². The molecule has 0 spiro atoms. The Kier molecular flexibility index (Phi) is 4.84. The lowest BCUT2D eigenvalue weighted by Gasteiger charge is -2.07. The van der Waals surface area contributed by atoms with Gasteiger partial charge in [-0.2, -0.15) is 0 Å². The van der Waals surface area contributed by atoms with Crippen molar-refractivity contribution >= 4 is 72.1 Å². The van der Waals surface area contributed by atoms with Crippen LogP contribution in [-0.4, -0.2) is 19.5 Å². The molecule has 0 atom stereocenters. The van der Waals surface area contributed by atoms with Crippen molar-refractivity contribution in [1.29, 1.82) is 0 Å². The van der Waals surface area contributed by atoms with Gasteiger partial charge in [0.2, 0.25) is 0 Å². The van der Waals surface area contributed by atoms with E-state index in [0.29, 0.717) is 8.81 Å². The van der Waals surface area contributed by atoms with Crippen LogP contribution in [0.2, 0.25) is 10.0 Å². The summed E-state index contributed by atoms with van der Waals surface area (Å²) in [6, 6.07) is 5.08. The first-order valence-electron chi connectivity index (χ1n) is 5.21. The third kappa shape index (κ3) is 3.70. The lowest BCUT2D eigenvalue weighted by Crippen LogP contribution is -2.11. The SMILES string of the molecule is O=C(O)c1ccc(NS(=O)(=O)c2cc(Cl)c(Br)s2)cc1Cl. The number of aromatic carboxylic acids is 1. The molecule has 2 N–H and O–H groups in total. The first-order chi connectivity index (χ1) is 9.70. The highest BCUT2D eigenvalue weighted by molar-refractivity contribution is 9.11. The Morgan fingerprint density at radius 1 is 1.24 bits per heavy atom. The van der Waals surface area contributed by atoms with Gasteiger partial charge in [-0.3, -0.25) is 4.72 Å². The fraction of sp³-hybridized carbons (Fsp3) is 0. The number of halogens is 3. The van der Waals surface area contributed by atoms with E-state index in [4.69, 9.17) is 28.3 Å². The van der Waals surface area contributed by atoms with Crippen LogP contribution in [0.25, 0.3) is 0 Å². The first kappa shape index (κ1) is 16.6. The molecule has 0 saturated carbocycles. The predicted molar refractivity (Wildman–Crippen MR) is 86.2 cm³/mol. The molecule has 0 fully saturated rings. The summed E-state index contributed by atoms with van der Waals surface area (Å²) in [5.41, 5.74) is 0.0483. The Hall–Kier alpha value is -0.800. The summed E-state index contributed by atoms with van der Waals surface area (Å²) in [6.45, 7) is 0. The van der Waals surface area contributed by atoms with Crippen LogP contribution in [-0.2, 0) is 10.0 Å². The molecular formula is C11H6BrCl2NO4S2. The topological polar surface area (TPSA) is 83.5 Å². The van der Waals surface area contributed by atoms with Gasteiger partial charge in [-0.05, 0) is 40.2 Å². The number of carbonyl (C=O) groups is 1. The summed E-state index contributed by atoms with van der Waals surface area (Å²) < 4.78 is 27.2. The number of hydrogen-bond donors (Lipinski definition) is 2. The molecule has 0 amide bonds. The van der Waals surface area contributed by atoms with E-state index >= 15 is 0 Å². The van der Waals surface area contributed by atoms with E-state index in [9.17, 15) is 13.2 Å². The molecule has 1 aromatic carbocycles. The number of thiophene rings is 1. The number of carboxylic acid groups (broad SMARTS) is 1. The van der Waals surface area contributed by atoms with Crippen LogP contribution in [0, 0.1) is 0 Å². The molecule has 5 nitrogen and oxygen atoms in total. The second kappa shape index (κ2) is 6.13. The Balaban J connectivity index is 2.33. The number of nitrogens with one attached hydrogen (secondary N) is 1. The standard InChI is InChI=1S/C11H6BrCl2NO4S2/c12-10-8(14)4-9(20-10)21(18,19)15-5-1-2-6(11(16)17)7(13)3-5/h1-4,15H,(H,16,17). The van der Waals surface area contributed by atoms with Crippen molar-refractivity contribution < 1.29 is 18.3 Å². The third-order valence-corrected chi connectivity index (χ3v) is 6.98. The molecule has 0 radical (unpaired) electrons. The van der Waals surface area contributed by atoms with E-state index in [1.807, 2.05) is 0 Å². The van der Waals surface area contributed by atoms with Crippen molar-refractivity contribution in [3.63, 3.8) is 0 Å². The Morgan fingerprint density at radius 2 is 1.90 bits per heavy atom. The summed E-state index contributed by atoms with van der Waals surface area (Å²) in [5.74, 6) is -1.19. The third-order valence-electron chi connectivity index (χ3n) is 2.34. The summed E-state index contributed by atoms with van der Waals surface area (Å²) in [5, 5.41) is 9.09. The highest BCUT2D eigenvalue weighted by Gasteiger charge is 2.20. The maximum absolute atomic E-state index is 12.2. The molecule has 0 bridgehead atoms. The van der Waals surface area contributed by atoms with Gasteiger partial charge < -0.3 is 5.11 Å². The zero-order valence-electron chi connectivity index (χ0n) is 9.93. The van der Waals surface area contributed by atoms with Crippen LogP contribution in [0.15, 0.2) is 32.3 Å². The van der Waals surface area contributed by atoms with Crippen molar-refractivity contribution in [1.82, 2.24) is 0 Å². The number of hydrogen-bond acceptors (Lipinski definition) is 4. The number of rotatable bonds is 4. The Bertz CT molecular complexity index is 800. The molecule has 0 saturated heterocycles. The van der Waals surface area contributed by atoms with E-state index in [-0.39, 0.29) is 20.5 Å². The van der Waals surface area contributed by atoms with Crippen molar-refractivity contribution in [2.24, 2.45) is 0 Å². The van der Waals surface area contributed by atoms with E-state index < -0.39 is 16.0 Å². The Morgan fingerprint density at radius 3 is 2.38 bits per heavy atom. The largest absolute Gasteiger partial charge is 0.478 e. The zero-order valence-corrected chi connectivity index (χ0v) is 14.7. The molecular weight excluding hydrogens is 425 g/mol. The van der Waals surface area contributed by atoms with E-state index in [0.717, 1.165) is 11.3 Å². The van der Waals surface area contributed by atoms with E-state index in [2.05, 4.69) is 20.7 Å². The molecule has 0 aliphatic carbocycles. The number of anilines is 1. The van der Waals surface area contributed by atoms with Gasteiger partial charge in [0.25, 0.3) is 10.0 Å². The molecule has 0 aliphatic heterocycles. The zero-order chi connectivity index (χ0) is 15.8. The van der Waals surface area contributed by atoms with Gasteiger partial charge in [0.15, 0.2) is 0 Å². The number of carboxylic acids is 1. The lowest BCUT2D eigenvalue weighted by atomic mass is 10.2. The first-order valence-corrected chi connectivity index (χ1v) is 9.06. The number of benzene rings is 1. The van der Waals surface area contributed by atoms with Gasteiger partial charge in [-0.15, -0.1) is 11.3 Å². The summed E-state index contributed by atoms with van der Waals surface area (Å²) in [6.07, 6.45) is 0. The van der Waals surface area contributed by atoms with Crippen molar-refractivity contribution in [2.45, 2.75) is 4.21 Å². The molecule has 2 rings (SSSR count). The Labute approximate surface area is 142 Å². The van der Waals surface area contributed by atoms with Gasteiger partial charge >= 0.3 is 5.97 Å². The van der Waals surface area contributed by atoms with Gasteiger partial charge in [-0.1, -0.05) is 23.2 Å². The van der Waals surface area contributed by atoms with Crippen molar-refractivity contribution in [3.05, 3.63) is 43.7 Å². The van der Waals surface area contributed by atoms with Crippen LogP contribution in [0.3, 0.4) is 0 Å². The predicted octanol–water partition coefficient (Wildman–Crippen LogP) is 4.32. The van der Waals surface area contributed by atoms with Crippen LogP contribution in [0.4, 0.5) is 5.69 Å². The van der Waals surface area contributed by atoms with Crippen LogP contribution < -0.4 is 4.72 Å². The second-order valence-electron chi connectivity index (χ2n) is 3.79. The molecule has 21 heavy (non-hydrogen) atoms. The highest BCUT2D eigenvalue weighted by atomic mass is 79.9. The normalized spacial score (nSPS) is 11.4. The van der Waals surface area contributed by atoms with Crippen LogP contribution >= 0.6 is 50.5 Å². The molecule has 112 valence electrons. The molecule has 1 aromatic heterocycles. The maximum Gasteiger partial charge on any atom is 0.337 e. The van der Waals surface area contributed by atoms with Crippen molar-refractivity contribution in [2.75, 3.05) is 4.72 Å². The number of sulfonamides is 1. The average Bonchev–Trinajstić information content (AvgIpc) is 2.69. The molecule has 10 heteroatoms. The minimum atomic E-state index is -3.82. The minimum absolute atomic E-state index is 0.0257. The molecule has 0 aliphatic rings. The maximum atomic E-state index is 12.2. The summed E-state index contributed by atoms with van der Waals surface area (Å²) in [4.78, 5) is 10.8. The van der Waals surface area contributed by atoms with Gasteiger partial charge in [0.05, 0.1) is 25.1 Å². The smallest absolute Gasteiger partial charge is 0.337 e. The van der Waals surface area contributed by atoms with E-state index in [1.54, 1.807) is 0 Å². The quantitative estimate of drug-likeness (QED) is 0.756. The van der Waals surface area contributed by atoms with Gasteiger partial charge in [0.1, 0.15) is 4.21 Å². The lowest BCUT2D eigenvalue weighted by molar-refractivity contribution is 0.0697. The average molecular weight is 431 g/mol.